The highest BCUT2D eigenvalue weighted by molar-refractivity contribution is 7.92. The minimum atomic E-state index is -4.38. The van der Waals surface area contributed by atoms with E-state index in [9.17, 15) is 26.8 Å². The zero-order valence-corrected chi connectivity index (χ0v) is 12.5. The van der Waals surface area contributed by atoms with Crippen molar-refractivity contribution < 1.29 is 21.6 Å². The molecule has 7 nitrogen and oxygen atoms in total. The number of para-hydroxylation sites is 1. The molecule has 124 valence electrons. The standard InChI is InChI=1S/C14H8F2N2O5S/c15-9-2-1-3-10(16)12(9)18-24(21,22)7-4-5-11-8(6-7)13(19)23-14(20)17-11/h1-6,18H,(H,17,20). The first-order valence-corrected chi connectivity index (χ1v) is 7.90. The fourth-order valence-corrected chi connectivity index (χ4v) is 3.13. The number of halogens is 2. The number of sulfonamides is 1. The average molecular weight is 354 g/mol. The van der Waals surface area contributed by atoms with Gasteiger partial charge in [0.15, 0.2) is 0 Å². The van der Waals surface area contributed by atoms with Gasteiger partial charge in [-0.3, -0.25) is 9.71 Å². The van der Waals surface area contributed by atoms with E-state index in [2.05, 4.69) is 9.40 Å². The number of hydrogen-bond acceptors (Lipinski definition) is 5. The molecule has 3 rings (SSSR count). The summed E-state index contributed by atoms with van der Waals surface area (Å²) in [4.78, 5) is 24.5. The highest BCUT2D eigenvalue weighted by Crippen LogP contribution is 2.23. The van der Waals surface area contributed by atoms with Crippen molar-refractivity contribution in [2.45, 2.75) is 4.90 Å². The van der Waals surface area contributed by atoms with Crippen LogP contribution in [0.5, 0.6) is 0 Å². The SMILES string of the molecule is O=c1[nH]c2ccc(S(=O)(=O)Nc3c(F)cccc3F)cc2c(=O)o1. The van der Waals surface area contributed by atoms with E-state index in [1.807, 2.05) is 0 Å². The number of aromatic nitrogens is 1. The third kappa shape index (κ3) is 2.78. The number of aromatic amines is 1. The van der Waals surface area contributed by atoms with Crippen LogP contribution in [0.25, 0.3) is 10.9 Å². The molecule has 0 saturated heterocycles. The maximum absolute atomic E-state index is 13.6. The molecule has 0 atom stereocenters. The lowest BCUT2D eigenvalue weighted by atomic mass is 10.2. The zero-order chi connectivity index (χ0) is 17.5. The number of benzene rings is 2. The van der Waals surface area contributed by atoms with Crippen molar-refractivity contribution in [3.63, 3.8) is 0 Å². The second-order valence-corrected chi connectivity index (χ2v) is 6.39. The Labute approximate surface area is 132 Å². The zero-order valence-electron chi connectivity index (χ0n) is 11.7. The number of anilines is 1. The lowest BCUT2D eigenvalue weighted by Crippen LogP contribution is -2.17. The number of fused-ring (bicyclic) bond motifs is 1. The van der Waals surface area contributed by atoms with Gasteiger partial charge in [-0.2, -0.15) is 0 Å². The second kappa shape index (κ2) is 5.57. The molecule has 24 heavy (non-hydrogen) atoms. The van der Waals surface area contributed by atoms with Crippen LogP contribution >= 0.6 is 0 Å². The highest BCUT2D eigenvalue weighted by atomic mass is 32.2. The van der Waals surface area contributed by atoms with Crippen LogP contribution in [-0.2, 0) is 10.0 Å². The maximum atomic E-state index is 13.6. The molecule has 1 aromatic heterocycles. The molecule has 0 spiro atoms. The fraction of sp³-hybridized carbons (Fsp3) is 0. The van der Waals surface area contributed by atoms with Gasteiger partial charge in [0.2, 0.25) is 0 Å². The maximum Gasteiger partial charge on any atom is 0.419 e. The summed E-state index contributed by atoms with van der Waals surface area (Å²) >= 11 is 0. The molecule has 0 bridgehead atoms. The summed E-state index contributed by atoms with van der Waals surface area (Å²) in [6, 6.07) is 6.03. The van der Waals surface area contributed by atoms with Crippen LogP contribution < -0.4 is 16.1 Å². The molecule has 0 radical (unpaired) electrons. The molecule has 0 saturated carbocycles. The molecule has 2 aromatic carbocycles. The van der Waals surface area contributed by atoms with Crippen molar-refractivity contribution in [3.8, 4) is 0 Å². The van der Waals surface area contributed by atoms with Gasteiger partial charge < -0.3 is 4.42 Å². The van der Waals surface area contributed by atoms with E-state index in [4.69, 9.17) is 0 Å². The van der Waals surface area contributed by atoms with Gasteiger partial charge in [-0.1, -0.05) is 6.07 Å². The van der Waals surface area contributed by atoms with Crippen LogP contribution in [0.1, 0.15) is 0 Å². The van der Waals surface area contributed by atoms with Crippen molar-refractivity contribution in [1.29, 1.82) is 0 Å². The molecule has 1 heterocycles. The topological polar surface area (TPSA) is 109 Å². The molecule has 0 fully saturated rings. The Balaban J connectivity index is 2.12. The van der Waals surface area contributed by atoms with E-state index in [-0.39, 0.29) is 10.9 Å². The van der Waals surface area contributed by atoms with Gasteiger partial charge in [0.25, 0.3) is 10.0 Å². The van der Waals surface area contributed by atoms with Gasteiger partial charge in [-0.25, -0.2) is 26.8 Å². The largest absolute Gasteiger partial charge is 0.419 e. The summed E-state index contributed by atoms with van der Waals surface area (Å²) in [5.41, 5.74) is -1.82. The smallest absolute Gasteiger partial charge is 0.372 e. The quantitative estimate of drug-likeness (QED) is 0.742. The average Bonchev–Trinajstić information content (AvgIpc) is 2.50. The van der Waals surface area contributed by atoms with Crippen molar-refractivity contribution >= 4 is 26.6 Å². The molecule has 0 aliphatic carbocycles. The number of H-pyrrole nitrogens is 1. The van der Waals surface area contributed by atoms with Crippen LogP contribution in [0, 0.1) is 11.6 Å². The molecule has 2 N–H and O–H groups in total. The van der Waals surface area contributed by atoms with E-state index < -0.39 is 43.6 Å². The molecule has 0 unspecified atom stereocenters. The highest BCUT2D eigenvalue weighted by Gasteiger charge is 2.20. The molecule has 10 heteroatoms. The minimum Gasteiger partial charge on any atom is -0.372 e. The monoisotopic (exact) mass is 354 g/mol. The first-order valence-electron chi connectivity index (χ1n) is 6.42. The van der Waals surface area contributed by atoms with E-state index in [1.54, 1.807) is 4.72 Å². The van der Waals surface area contributed by atoms with Crippen molar-refractivity contribution in [2.75, 3.05) is 4.72 Å². The van der Waals surface area contributed by atoms with Gasteiger partial charge in [-0.15, -0.1) is 0 Å². The molecule has 0 amide bonds. The first kappa shape index (κ1) is 15.9. The molecule has 0 aliphatic heterocycles. The summed E-state index contributed by atoms with van der Waals surface area (Å²) in [6.45, 7) is 0. The molecule has 0 aliphatic rings. The van der Waals surface area contributed by atoms with Crippen LogP contribution in [0.15, 0.2) is 55.3 Å². The fourth-order valence-electron chi connectivity index (χ4n) is 2.03. The van der Waals surface area contributed by atoms with Crippen LogP contribution in [0.2, 0.25) is 0 Å². The third-order valence-corrected chi connectivity index (χ3v) is 4.49. The second-order valence-electron chi connectivity index (χ2n) is 4.71. The van der Waals surface area contributed by atoms with E-state index in [0.29, 0.717) is 0 Å². The van der Waals surface area contributed by atoms with Gasteiger partial charge in [0.1, 0.15) is 17.3 Å². The summed E-state index contributed by atoms with van der Waals surface area (Å²) in [6.07, 6.45) is 0. The number of rotatable bonds is 3. The van der Waals surface area contributed by atoms with Crippen LogP contribution in [-0.4, -0.2) is 13.4 Å². The summed E-state index contributed by atoms with van der Waals surface area (Å²) in [5, 5.41) is -0.202. The molecule has 3 aromatic rings. The van der Waals surface area contributed by atoms with Gasteiger partial charge in [0, 0.05) is 0 Å². The molecular weight excluding hydrogens is 346 g/mol. The molecular formula is C14H8F2N2O5S. The summed E-state index contributed by atoms with van der Waals surface area (Å²) < 4.78 is 57.8. The third-order valence-electron chi connectivity index (χ3n) is 3.14. The van der Waals surface area contributed by atoms with E-state index >= 15 is 0 Å². The Hall–Kier alpha value is -3.01. The van der Waals surface area contributed by atoms with Gasteiger partial charge in [-0.05, 0) is 30.3 Å². The Morgan fingerprint density at radius 2 is 1.71 bits per heavy atom. The van der Waals surface area contributed by atoms with Gasteiger partial charge >= 0.3 is 11.4 Å². The van der Waals surface area contributed by atoms with Crippen molar-refractivity contribution in [2.24, 2.45) is 0 Å². The Bertz CT molecular complexity index is 1150. The normalized spacial score (nSPS) is 11.6. The Morgan fingerprint density at radius 1 is 1.04 bits per heavy atom. The summed E-state index contributed by atoms with van der Waals surface area (Å²) in [5.74, 6) is -3.18. The lowest BCUT2D eigenvalue weighted by Gasteiger charge is -2.10. The van der Waals surface area contributed by atoms with Gasteiger partial charge in [0.05, 0.1) is 15.8 Å². The lowest BCUT2D eigenvalue weighted by molar-refractivity contribution is 0.460. The number of nitrogens with one attached hydrogen (secondary N) is 2. The van der Waals surface area contributed by atoms with Crippen LogP contribution in [0.3, 0.4) is 0 Å². The van der Waals surface area contributed by atoms with Crippen LogP contribution in [0.4, 0.5) is 14.5 Å². The predicted molar refractivity (Wildman–Crippen MR) is 80.3 cm³/mol. The first-order chi connectivity index (χ1) is 11.3. The Morgan fingerprint density at radius 3 is 2.38 bits per heavy atom. The van der Waals surface area contributed by atoms with E-state index in [1.165, 1.54) is 6.07 Å². The predicted octanol–water partition coefficient (Wildman–Crippen LogP) is 1.56. The van der Waals surface area contributed by atoms with Crippen molar-refractivity contribution in [1.82, 2.24) is 4.98 Å². The number of hydrogen-bond donors (Lipinski definition) is 2. The summed E-state index contributed by atoms with van der Waals surface area (Å²) in [7, 11) is -4.38. The minimum absolute atomic E-state index is 0.0623. The van der Waals surface area contributed by atoms with E-state index in [0.717, 1.165) is 30.3 Å². The Kier molecular flexibility index (Phi) is 3.68. The van der Waals surface area contributed by atoms with Crippen molar-refractivity contribution in [3.05, 3.63) is 69.0 Å².